The summed E-state index contributed by atoms with van der Waals surface area (Å²) in [5, 5.41) is 0. The molecule has 2 heterocycles. The van der Waals surface area contributed by atoms with E-state index in [1.807, 2.05) is 0 Å². The smallest absolute Gasteiger partial charge is 0.0916 e. The maximum absolute atomic E-state index is 5.66. The van der Waals surface area contributed by atoms with Crippen molar-refractivity contribution in [1.82, 2.24) is 0 Å². The van der Waals surface area contributed by atoms with Crippen molar-refractivity contribution in [2.75, 3.05) is 19.8 Å². The molecular formula is C8H14O2. The van der Waals surface area contributed by atoms with E-state index in [4.69, 9.17) is 9.47 Å². The summed E-state index contributed by atoms with van der Waals surface area (Å²) < 4.78 is 11.0. The first-order chi connectivity index (χ1) is 4.91. The summed E-state index contributed by atoms with van der Waals surface area (Å²) in [4.78, 5) is 0. The van der Waals surface area contributed by atoms with Crippen LogP contribution >= 0.6 is 0 Å². The van der Waals surface area contributed by atoms with Crippen molar-refractivity contribution >= 4 is 0 Å². The lowest BCUT2D eigenvalue weighted by molar-refractivity contribution is -0.0975. The predicted molar refractivity (Wildman–Crippen MR) is 38.0 cm³/mol. The molecule has 1 spiro atoms. The van der Waals surface area contributed by atoms with E-state index in [1.54, 1.807) is 0 Å². The van der Waals surface area contributed by atoms with Crippen molar-refractivity contribution in [3.63, 3.8) is 0 Å². The Morgan fingerprint density at radius 2 is 1.80 bits per heavy atom. The fourth-order valence-corrected chi connectivity index (χ4v) is 1.89. The topological polar surface area (TPSA) is 18.5 Å². The van der Waals surface area contributed by atoms with E-state index in [0.29, 0.717) is 0 Å². The maximum Gasteiger partial charge on any atom is 0.0916 e. The van der Waals surface area contributed by atoms with Crippen LogP contribution in [0.3, 0.4) is 0 Å². The van der Waals surface area contributed by atoms with Crippen LogP contribution in [0.1, 0.15) is 25.7 Å². The normalized spacial score (nSPS) is 40.8. The van der Waals surface area contributed by atoms with Gasteiger partial charge in [-0.3, -0.25) is 0 Å². The third kappa shape index (κ3) is 1.06. The van der Waals surface area contributed by atoms with Crippen LogP contribution in [-0.2, 0) is 9.47 Å². The average molecular weight is 142 g/mol. The minimum atomic E-state index is 0.151. The zero-order chi connectivity index (χ0) is 6.86. The highest BCUT2D eigenvalue weighted by Gasteiger charge is 2.36. The molecule has 0 aromatic carbocycles. The van der Waals surface area contributed by atoms with Gasteiger partial charge in [-0.25, -0.2) is 0 Å². The lowest BCUT2D eigenvalue weighted by Gasteiger charge is -2.31. The van der Waals surface area contributed by atoms with Crippen molar-refractivity contribution in [3.8, 4) is 0 Å². The first kappa shape index (κ1) is 6.62. The van der Waals surface area contributed by atoms with E-state index in [9.17, 15) is 0 Å². The van der Waals surface area contributed by atoms with E-state index >= 15 is 0 Å². The number of ether oxygens (including phenoxy) is 2. The minimum absolute atomic E-state index is 0.151. The third-order valence-corrected chi connectivity index (χ3v) is 2.47. The molecule has 0 aliphatic carbocycles. The molecule has 2 heteroatoms. The minimum Gasteiger partial charge on any atom is -0.378 e. The van der Waals surface area contributed by atoms with E-state index in [1.165, 1.54) is 25.7 Å². The van der Waals surface area contributed by atoms with Crippen molar-refractivity contribution < 1.29 is 9.47 Å². The Kier molecular flexibility index (Phi) is 1.66. The van der Waals surface area contributed by atoms with E-state index in [0.717, 1.165) is 19.8 Å². The second-order valence-electron chi connectivity index (χ2n) is 3.29. The monoisotopic (exact) mass is 142 g/mol. The molecule has 2 aliphatic rings. The maximum atomic E-state index is 5.66. The molecule has 58 valence electrons. The number of hydrogen-bond acceptors (Lipinski definition) is 2. The Bertz CT molecular complexity index is 108. The average Bonchev–Trinajstić information content (AvgIpc) is 2.39. The summed E-state index contributed by atoms with van der Waals surface area (Å²) in [6.07, 6.45) is 4.84. The zero-order valence-corrected chi connectivity index (χ0v) is 6.27. The van der Waals surface area contributed by atoms with Crippen molar-refractivity contribution in [2.45, 2.75) is 31.3 Å². The molecule has 1 unspecified atom stereocenters. The lowest BCUT2D eigenvalue weighted by atomic mass is 9.94. The molecule has 2 fully saturated rings. The lowest BCUT2D eigenvalue weighted by Crippen LogP contribution is -2.37. The molecule has 0 bridgehead atoms. The highest BCUT2D eigenvalue weighted by Crippen LogP contribution is 2.32. The SMILES string of the molecule is C1COCC2(C1)CCCO2. The molecule has 2 nitrogen and oxygen atoms in total. The Labute approximate surface area is 61.5 Å². The van der Waals surface area contributed by atoms with Gasteiger partial charge in [0.05, 0.1) is 12.2 Å². The second kappa shape index (κ2) is 2.51. The Hall–Kier alpha value is -0.0800. The quantitative estimate of drug-likeness (QED) is 0.508. The van der Waals surface area contributed by atoms with Crippen molar-refractivity contribution in [2.24, 2.45) is 0 Å². The van der Waals surface area contributed by atoms with Crippen molar-refractivity contribution in [3.05, 3.63) is 0 Å². The fraction of sp³-hybridized carbons (Fsp3) is 1.00. The first-order valence-corrected chi connectivity index (χ1v) is 4.13. The van der Waals surface area contributed by atoms with Gasteiger partial charge in [0.1, 0.15) is 0 Å². The molecule has 2 aliphatic heterocycles. The number of rotatable bonds is 0. The van der Waals surface area contributed by atoms with Gasteiger partial charge in [-0.1, -0.05) is 0 Å². The summed E-state index contributed by atoms with van der Waals surface area (Å²) in [5.41, 5.74) is 0.151. The predicted octanol–water partition coefficient (Wildman–Crippen LogP) is 1.35. The largest absolute Gasteiger partial charge is 0.378 e. The van der Waals surface area contributed by atoms with Crippen LogP contribution in [0.25, 0.3) is 0 Å². The molecule has 0 aromatic rings. The molecule has 10 heavy (non-hydrogen) atoms. The molecule has 0 N–H and O–H groups in total. The molecule has 0 radical (unpaired) electrons. The van der Waals surface area contributed by atoms with Crippen LogP contribution in [0.15, 0.2) is 0 Å². The highest BCUT2D eigenvalue weighted by molar-refractivity contribution is 4.86. The summed E-state index contributed by atoms with van der Waals surface area (Å²) in [6, 6.07) is 0. The van der Waals surface area contributed by atoms with Gasteiger partial charge in [-0.2, -0.15) is 0 Å². The fourth-order valence-electron chi connectivity index (χ4n) is 1.89. The van der Waals surface area contributed by atoms with Gasteiger partial charge < -0.3 is 9.47 Å². The van der Waals surface area contributed by atoms with Gasteiger partial charge in [-0.15, -0.1) is 0 Å². The summed E-state index contributed by atoms with van der Waals surface area (Å²) in [6.45, 7) is 2.72. The standard InChI is InChI=1S/C8H14O2/c1-3-8(7-9-5-1)4-2-6-10-8/h1-7H2. The summed E-state index contributed by atoms with van der Waals surface area (Å²) in [7, 11) is 0. The molecule has 0 aromatic heterocycles. The summed E-state index contributed by atoms with van der Waals surface area (Å²) >= 11 is 0. The molecule has 2 saturated heterocycles. The van der Waals surface area contributed by atoms with Gasteiger partial charge in [0.15, 0.2) is 0 Å². The van der Waals surface area contributed by atoms with Crippen LogP contribution in [0.4, 0.5) is 0 Å². The van der Waals surface area contributed by atoms with Gasteiger partial charge in [0.2, 0.25) is 0 Å². The van der Waals surface area contributed by atoms with Crippen LogP contribution in [0.2, 0.25) is 0 Å². The van der Waals surface area contributed by atoms with E-state index in [-0.39, 0.29) is 5.60 Å². The second-order valence-corrected chi connectivity index (χ2v) is 3.29. The van der Waals surface area contributed by atoms with Crippen LogP contribution < -0.4 is 0 Å². The van der Waals surface area contributed by atoms with Gasteiger partial charge in [-0.05, 0) is 25.7 Å². The molecular weight excluding hydrogens is 128 g/mol. The number of hydrogen-bond donors (Lipinski definition) is 0. The van der Waals surface area contributed by atoms with Gasteiger partial charge in [0, 0.05) is 13.2 Å². The van der Waals surface area contributed by atoms with Crippen LogP contribution in [-0.4, -0.2) is 25.4 Å². The van der Waals surface area contributed by atoms with E-state index < -0.39 is 0 Å². The Balaban J connectivity index is 1.98. The van der Waals surface area contributed by atoms with Gasteiger partial charge >= 0.3 is 0 Å². The van der Waals surface area contributed by atoms with Crippen molar-refractivity contribution in [1.29, 1.82) is 0 Å². The molecule has 1 atom stereocenters. The molecule has 2 rings (SSSR count). The highest BCUT2D eigenvalue weighted by atomic mass is 16.5. The third-order valence-electron chi connectivity index (χ3n) is 2.47. The Morgan fingerprint density at radius 1 is 1.00 bits per heavy atom. The Morgan fingerprint density at radius 3 is 2.30 bits per heavy atom. The van der Waals surface area contributed by atoms with Crippen LogP contribution in [0.5, 0.6) is 0 Å². The summed E-state index contributed by atoms with van der Waals surface area (Å²) in [5.74, 6) is 0. The van der Waals surface area contributed by atoms with Gasteiger partial charge in [0.25, 0.3) is 0 Å². The zero-order valence-electron chi connectivity index (χ0n) is 6.27. The van der Waals surface area contributed by atoms with Crippen LogP contribution in [0, 0.1) is 0 Å². The first-order valence-electron chi connectivity index (χ1n) is 4.13. The molecule has 0 saturated carbocycles. The van der Waals surface area contributed by atoms with E-state index in [2.05, 4.69) is 0 Å². The molecule has 0 amide bonds.